The van der Waals surface area contributed by atoms with Crippen molar-refractivity contribution in [2.45, 2.75) is 90.9 Å². The van der Waals surface area contributed by atoms with Gasteiger partial charge in [-0.25, -0.2) is 0 Å². The molecule has 3 aromatic carbocycles. The highest BCUT2D eigenvalue weighted by atomic mass is 16.2. The van der Waals surface area contributed by atoms with Crippen molar-refractivity contribution in [3.8, 4) is 0 Å². The van der Waals surface area contributed by atoms with Crippen LogP contribution in [0.15, 0.2) is 72.8 Å². The van der Waals surface area contributed by atoms with Gasteiger partial charge in [0.1, 0.15) is 0 Å². The standard InChI is InChI=1S/C23H26N2O3.C15H24N2O.H4N2.H2O/c1-2-3-8-17-12-14-18(15-13-17)24-21(26)11-6-7-16-25-22(27)19-9-4-5-10-20(19)23(25)28;1-2-3-6-13-8-10-14(11-9-13)17-15(18)7-4-5-12-16;1-2;/h4-5,9-10,12-15H,2-3,6-8,11,16H2,1H3,(H,24,26);8-11H,2-7,12,16H2,1H3,(H,17,18);1-2H2;1H2. The molecule has 1 aliphatic heterocycles. The zero-order chi connectivity index (χ0) is 35.1. The summed E-state index contributed by atoms with van der Waals surface area (Å²) in [6.45, 7) is 5.35. The zero-order valence-electron chi connectivity index (χ0n) is 29.1. The van der Waals surface area contributed by atoms with Crippen LogP contribution in [-0.2, 0) is 22.4 Å². The van der Waals surface area contributed by atoms with Crippen molar-refractivity contribution in [1.82, 2.24) is 4.90 Å². The summed E-state index contributed by atoms with van der Waals surface area (Å²) in [5.41, 5.74) is 10.6. The molecule has 10 N–H and O–H groups in total. The number of hydrazine groups is 1. The average molecular weight is 677 g/mol. The van der Waals surface area contributed by atoms with Crippen molar-refractivity contribution < 1.29 is 24.7 Å². The summed E-state index contributed by atoms with van der Waals surface area (Å²) >= 11 is 0. The van der Waals surface area contributed by atoms with Gasteiger partial charge in [0, 0.05) is 30.8 Å². The lowest BCUT2D eigenvalue weighted by Crippen LogP contribution is -2.30. The molecule has 0 saturated heterocycles. The fraction of sp³-hybridized carbons (Fsp3) is 0.421. The highest BCUT2D eigenvalue weighted by Crippen LogP contribution is 2.23. The van der Waals surface area contributed by atoms with Crippen molar-refractivity contribution in [2.75, 3.05) is 23.7 Å². The van der Waals surface area contributed by atoms with Crippen LogP contribution in [-0.4, -0.2) is 47.1 Å². The predicted octanol–water partition coefficient (Wildman–Crippen LogP) is 5.53. The van der Waals surface area contributed by atoms with Crippen LogP contribution < -0.4 is 28.1 Å². The molecule has 0 saturated carbocycles. The maximum absolute atomic E-state index is 12.3. The summed E-state index contributed by atoms with van der Waals surface area (Å²) in [6.07, 6.45) is 10.8. The Hall–Kier alpha value is -4.42. The van der Waals surface area contributed by atoms with Crippen molar-refractivity contribution in [2.24, 2.45) is 17.4 Å². The SMILES string of the molecule is CCCCc1ccc(NC(=O)CCCCN)cc1.CCCCc1ccc(NC(=O)CCCCN2C(=O)c3ccccc3C2=O)cc1.NN.O. The maximum Gasteiger partial charge on any atom is 0.261 e. The van der Waals surface area contributed by atoms with Crippen molar-refractivity contribution >= 4 is 35.0 Å². The monoisotopic (exact) mass is 676 g/mol. The summed E-state index contributed by atoms with van der Waals surface area (Å²) in [6, 6.07) is 23.0. The Morgan fingerprint density at radius 2 is 1.02 bits per heavy atom. The van der Waals surface area contributed by atoms with E-state index in [1.165, 1.54) is 41.7 Å². The number of fused-ring (bicyclic) bond motifs is 1. The largest absolute Gasteiger partial charge is 0.412 e. The second-order valence-corrected chi connectivity index (χ2v) is 11.7. The van der Waals surface area contributed by atoms with Gasteiger partial charge in [-0.1, -0.05) is 63.1 Å². The summed E-state index contributed by atoms with van der Waals surface area (Å²) in [7, 11) is 0. The number of carbonyl (C=O) groups is 4. The number of unbranched alkanes of at least 4 members (excludes halogenated alkanes) is 4. The van der Waals surface area contributed by atoms with Gasteiger partial charge in [0.15, 0.2) is 0 Å². The number of rotatable bonds is 17. The van der Waals surface area contributed by atoms with Gasteiger partial charge in [-0.15, -0.1) is 0 Å². The minimum Gasteiger partial charge on any atom is -0.412 e. The van der Waals surface area contributed by atoms with Crippen LogP contribution in [0.1, 0.15) is 110 Å². The van der Waals surface area contributed by atoms with Crippen LogP contribution in [0.3, 0.4) is 0 Å². The molecule has 1 heterocycles. The Bertz CT molecular complexity index is 1380. The van der Waals surface area contributed by atoms with E-state index in [9.17, 15) is 19.2 Å². The van der Waals surface area contributed by atoms with E-state index < -0.39 is 0 Å². The third kappa shape index (κ3) is 15.1. The van der Waals surface area contributed by atoms with E-state index in [2.05, 4.69) is 48.3 Å². The molecule has 0 fully saturated rings. The minimum atomic E-state index is -0.242. The van der Waals surface area contributed by atoms with Gasteiger partial charge in [0.25, 0.3) is 11.8 Å². The summed E-state index contributed by atoms with van der Waals surface area (Å²) in [4.78, 5) is 49.6. The predicted molar refractivity (Wildman–Crippen MR) is 198 cm³/mol. The molecule has 3 aromatic rings. The molecule has 11 nitrogen and oxygen atoms in total. The highest BCUT2D eigenvalue weighted by Gasteiger charge is 2.34. The number of hydrogen-bond donors (Lipinski definition) is 5. The molecule has 0 aromatic heterocycles. The normalized spacial score (nSPS) is 11.3. The first kappa shape index (κ1) is 42.6. The number of hydrogen-bond acceptors (Lipinski definition) is 7. The van der Waals surface area contributed by atoms with E-state index in [0.717, 1.165) is 37.1 Å². The number of amides is 4. The van der Waals surface area contributed by atoms with Crippen LogP contribution >= 0.6 is 0 Å². The number of nitrogens with two attached hydrogens (primary N) is 3. The molecule has 11 heteroatoms. The van der Waals surface area contributed by atoms with Crippen molar-refractivity contribution in [1.29, 1.82) is 0 Å². The number of aryl methyl sites for hydroxylation is 2. The lowest BCUT2D eigenvalue weighted by Gasteiger charge is -2.13. The van der Waals surface area contributed by atoms with Crippen LogP contribution in [0.2, 0.25) is 0 Å². The Balaban J connectivity index is 0.000000497. The number of carbonyl (C=O) groups excluding carboxylic acids is 4. The van der Waals surface area contributed by atoms with Gasteiger partial charge in [-0.05, 0) is 105 Å². The molecular weight excluding hydrogens is 620 g/mol. The topological polar surface area (TPSA) is 205 Å². The maximum atomic E-state index is 12.3. The molecule has 0 radical (unpaired) electrons. The van der Waals surface area contributed by atoms with E-state index in [0.29, 0.717) is 49.9 Å². The molecule has 0 spiro atoms. The van der Waals surface area contributed by atoms with Crippen LogP contribution in [0.5, 0.6) is 0 Å². The van der Waals surface area contributed by atoms with E-state index >= 15 is 0 Å². The Morgan fingerprint density at radius 3 is 1.41 bits per heavy atom. The molecular formula is C38H56N6O5. The molecule has 1 aliphatic rings. The Kier molecular flexibility index (Phi) is 21.5. The van der Waals surface area contributed by atoms with Crippen LogP contribution in [0.25, 0.3) is 0 Å². The first-order valence-corrected chi connectivity index (χ1v) is 17.1. The zero-order valence-corrected chi connectivity index (χ0v) is 29.1. The third-order valence-electron chi connectivity index (χ3n) is 7.89. The van der Waals surface area contributed by atoms with E-state index in [1.54, 1.807) is 24.3 Å². The minimum absolute atomic E-state index is 0. The average Bonchev–Trinajstić information content (AvgIpc) is 3.35. The van der Waals surface area contributed by atoms with Crippen LogP contribution in [0, 0.1) is 0 Å². The number of nitrogens with one attached hydrogen (secondary N) is 2. The van der Waals surface area contributed by atoms with Gasteiger partial charge >= 0.3 is 0 Å². The molecule has 49 heavy (non-hydrogen) atoms. The Morgan fingerprint density at radius 1 is 0.612 bits per heavy atom. The lowest BCUT2D eigenvalue weighted by atomic mass is 10.1. The Labute approximate surface area is 291 Å². The number of imide groups is 1. The molecule has 4 amide bonds. The fourth-order valence-corrected chi connectivity index (χ4v) is 5.15. The second kappa shape index (κ2) is 24.7. The summed E-state index contributed by atoms with van der Waals surface area (Å²) in [5, 5.41) is 5.80. The summed E-state index contributed by atoms with van der Waals surface area (Å²) in [5.74, 6) is 7.54. The van der Waals surface area contributed by atoms with Gasteiger partial charge in [0.05, 0.1) is 11.1 Å². The van der Waals surface area contributed by atoms with E-state index in [1.807, 2.05) is 36.4 Å². The van der Waals surface area contributed by atoms with Crippen molar-refractivity contribution in [3.63, 3.8) is 0 Å². The molecule has 0 aliphatic carbocycles. The first-order valence-electron chi connectivity index (χ1n) is 17.1. The smallest absolute Gasteiger partial charge is 0.261 e. The number of nitrogens with zero attached hydrogens (tertiary/aromatic N) is 1. The highest BCUT2D eigenvalue weighted by molar-refractivity contribution is 6.21. The number of anilines is 2. The van der Waals surface area contributed by atoms with Gasteiger partial charge < -0.3 is 21.8 Å². The van der Waals surface area contributed by atoms with Gasteiger partial charge in [-0.3, -0.25) is 35.8 Å². The molecule has 0 atom stereocenters. The van der Waals surface area contributed by atoms with Gasteiger partial charge in [-0.2, -0.15) is 0 Å². The summed E-state index contributed by atoms with van der Waals surface area (Å²) < 4.78 is 0. The lowest BCUT2D eigenvalue weighted by molar-refractivity contribution is -0.117. The molecule has 0 unspecified atom stereocenters. The third-order valence-corrected chi connectivity index (χ3v) is 7.89. The molecule has 4 rings (SSSR count). The second-order valence-electron chi connectivity index (χ2n) is 11.7. The molecule has 0 bridgehead atoms. The molecule has 268 valence electrons. The quantitative estimate of drug-likeness (QED) is 0.0535. The number of benzene rings is 3. The first-order chi connectivity index (χ1) is 23.4. The van der Waals surface area contributed by atoms with Crippen molar-refractivity contribution in [3.05, 3.63) is 95.1 Å². The van der Waals surface area contributed by atoms with Gasteiger partial charge in [0.2, 0.25) is 11.8 Å². The fourth-order valence-electron chi connectivity index (χ4n) is 5.15. The van der Waals surface area contributed by atoms with E-state index in [4.69, 9.17) is 5.73 Å². The van der Waals surface area contributed by atoms with E-state index in [-0.39, 0.29) is 29.1 Å². The van der Waals surface area contributed by atoms with Crippen LogP contribution in [0.4, 0.5) is 11.4 Å².